The van der Waals surface area contributed by atoms with E-state index in [0.717, 1.165) is 36.6 Å². The molecule has 1 aliphatic rings. The number of methoxy groups -OCH3 is 1. The van der Waals surface area contributed by atoms with Crippen molar-refractivity contribution in [3.63, 3.8) is 0 Å². The summed E-state index contributed by atoms with van der Waals surface area (Å²) < 4.78 is 19.6. The predicted octanol–water partition coefficient (Wildman–Crippen LogP) is 2.77. The van der Waals surface area contributed by atoms with Crippen molar-refractivity contribution in [3.8, 4) is 5.75 Å². The predicted molar refractivity (Wildman–Crippen MR) is 89.9 cm³/mol. The number of pyridine rings is 1. The second kappa shape index (κ2) is 6.81. The number of nitrogens with zero attached hydrogens (tertiary/aromatic N) is 1. The number of halogens is 1. The first-order valence-electron chi connectivity index (χ1n) is 8.20. The van der Waals surface area contributed by atoms with E-state index in [1.165, 1.54) is 6.20 Å². The van der Waals surface area contributed by atoms with Crippen LogP contribution in [0.3, 0.4) is 0 Å². The maximum absolute atomic E-state index is 14.4. The summed E-state index contributed by atoms with van der Waals surface area (Å²) in [5.74, 6) is 0.806. The van der Waals surface area contributed by atoms with E-state index in [0.29, 0.717) is 29.7 Å². The molecular weight excluding hydrogens is 293 g/mol. The Labute approximate surface area is 136 Å². The Morgan fingerprint density at radius 2 is 2.04 bits per heavy atom. The van der Waals surface area contributed by atoms with Crippen molar-refractivity contribution in [2.24, 2.45) is 17.4 Å². The molecule has 0 spiro atoms. The number of fused-ring (bicyclic) bond motifs is 1. The highest BCUT2D eigenvalue weighted by Crippen LogP contribution is 2.30. The molecule has 124 valence electrons. The number of nitrogens with two attached hydrogens (primary N) is 2. The molecule has 1 aromatic heterocycles. The lowest BCUT2D eigenvalue weighted by atomic mass is 9.80. The summed E-state index contributed by atoms with van der Waals surface area (Å²) in [5.41, 5.74) is 13.8. The van der Waals surface area contributed by atoms with Crippen LogP contribution < -0.4 is 16.2 Å². The zero-order valence-corrected chi connectivity index (χ0v) is 13.5. The van der Waals surface area contributed by atoms with Crippen molar-refractivity contribution >= 4 is 10.9 Å². The quantitative estimate of drug-likeness (QED) is 0.909. The minimum absolute atomic E-state index is 0.0613. The van der Waals surface area contributed by atoms with Crippen LogP contribution >= 0.6 is 0 Å². The molecule has 1 atom stereocenters. The Hall–Kier alpha value is -1.72. The van der Waals surface area contributed by atoms with Crippen LogP contribution in [0.25, 0.3) is 10.9 Å². The van der Waals surface area contributed by atoms with E-state index >= 15 is 0 Å². The smallest absolute Gasteiger partial charge is 0.145 e. The lowest BCUT2D eigenvalue weighted by Gasteiger charge is -2.30. The van der Waals surface area contributed by atoms with Gasteiger partial charge in [-0.05, 0) is 56.2 Å². The van der Waals surface area contributed by atoms with Crippen LogP contribution in [0.15, 0.2) is 24.4 Å². The first kappa shape index (κ1) is 16.1. The number of aromatic nitrogens is 1. The molecule has 4 N–H and O–H groups in total. The van der Waals surface area contributed by atoms with Crippen LogP contribution in [0.4, 0.5) is 4.39 Å². The van der Waals surface area contributed by atoms with Gasteiger partial charge in [0, 0.05) is 23.0 Å². The fraction of sp³-hybridized carbons (Fsp3) is 0.500. The third-order valence-corrected chi connectivity index (χ3v) is 5.00. The molecule has 1 fully saturated rings. The van der Waals surface area contributed by atoms with E-state index in [1.807, 2.05) is 18.2 Å². The van der Waals surface area contributed by atoms with E-state index in [4.69, 9.17) is 16.2 Å². The van der Waals surface area contributed by atoms with Gasteiger partial charge in [0.05, 0.1) is 18.8 Å². The van der Waals surface area contributed by atoms with Gasteiger partial charge in [-0.25, -0.2) is 4.39 Å². The van der Waals surface area contributed by atoms with Gasteiger partial charge in [-0.15, -0.1) is 0 Å². The van der Waals surface area contributed by atoms with Gasteiger partial charge in [0.25, 0.3) is 0 Å². The number of rotatable bonds is 4. The molecule has 23 heavy (non-hydrogen) atoms. The molecule has 0 amide bonds. The number of hydrogen-bond donors (Lipinski definition) is 2. The van der Waals surface area contributed by atoms with E-state index < -0.39 is 0 Å². The Morgan fingerprint density at radius 1 is 1.30 bits per heavy atom. The normalized spacial score (nSPS) is 23.0. The second-order valence-corrected chi connectivity index (χ2v) is 6.51. The average molecular weight is 317 g/mol. The zero-order valence-electron chi connectivity index (χ0n) is 13.5. The van der Waals surface area contributed by atoms with Crippen LogP contribution in [0.2, 0.25) is 0 Å². The second-order valence-electron chi connectivity index (χ2n) is 6.51. The van der Waals surface area contributed by atoms with Crippen molar-refractivity contribution in [2.45, 2.75) is 44.2 Å². The molecule has 1 saturated carbocycles. The fourth-order valence-corrected chi connectivity index (χ4v) is 3.51. The summed E-state index contributed by atoms with van der Waals surface area (Å²) in [7, 11) is 1.60. The first-order valence-corrected chi connectivity index (χ1v) is 8.20. The molecule has 0 radical (unpaired) electrons. The maximum Gasteiger partial charge on any atom is 0.145 e. The van der Waals surface area contributed by atoms with E-state index in [9.17, 15) is 4.39 Å². The van der Waals surface area contributed by atoms with Crippen molar-refractivity contribution < 1.29 is 9.13 Å². The lowest BCUT2D eigenvalue weighted by Crippen LogP contribution is -2.38. The van der Waals surface area contributed by atoms with Crippen molar-refractivity contribution in [2.75, 3.05) is 7.11 Å². The lowest BCUT2D eigenvalue weighted by molar-refractivity contribution is 0.280. The molecule has 4 nitrogen and oxygen atoms in total. The minimum atomic E-state index is -0.297. The van der Waals surface area contributed by atoms with Crippen LogP contribution in [0, 0.1) is 11.7 Å². The Bertz CT molecular complexity index is 683. The topological polar surface area (TPSA) is 74.2 Å². The third-order valence-electron chi connectivity index (χ3n) is 5.00. The highest BCUT2D eigenvalue weighted by Gasteiger charge is 2.25. The van der Waals surface area contributed by atoms with Crippen LogP contribution in [0.5, 0.6) is 5.75 Å². The Morgan fingerprint density at radius 3 is 2.74 bits per heavy atom. The standard InChI is InChI=1S/C18H24FN3O/c1-23-13-6-7-18-15(8-13)14(16(19)10-22-18)9-17(21)11-2-4-12(20)5-3-11/h6-8,10-12,17H,2-5,9,20-21H2,1H3. The van der Waals surface area contributed by atoms with E-state index in [1.54, 1.807) is 7.11 Å². The molecule has 1 aromatic carbocycles. The van der Waals surface area contributed by atoms with Gasteiger partial charge in [0.15, 0.2) is 0 Å². The molecule has 0 aliphatic heterocycles. The molecule has 1 unspecified atom stereocenters. The van der Waals surface area contributed by atoms with Crippen LogP contribution in [0.1, 0.15) is 31.2 Å². The molecule has 0 saturated heterocycles. The van der Waals surface area contributed by atoms with E-state index in [-0.39, 0.29) is 11.9 Å². The molecule has 2 aromatic rings. The summed E-state index contributed by atoms with van der Waals surface area (Å²) in [4.78, 5) is 4.16. The van der Waals surface area contributed by atoms with Crippen molar-refractivity contribution in [1.29, 1.82) is 0 Å². The monoisotopic (exact) mass is 317 g/mol. The molecule has 3 rings (SSSR count). The van der Waals surface area contributed by atoms with Gasteiger partial charge in [0.1, 0.15) is 11.6 Å². The molecule has 5 heteroatoms. The summed E-state index contributed by atoms with van der Waals surface area (Å²) in [5, 5.41) is 0.785. The van der Waals surface area contributed by atoms with Gasteiger partial charge in [-0.2, -0.15) is 0 Å². The fourth-order valence-electron chi connectivity index (χ4n) is 3.51. The SMILES string of the molecule is COc1ccc2ncc(F)c(CC(N)C3CCC(N)CC3)c2c1. The Kier molecular flexibility index (Phi) is 4.78. The van der Waals surface area contributed by atoms with Gasteiger partial charge in [-0.1, -0.05) is 0 Å². The summed E-state index contributed by atoms with van der Waals surface area (Å²) >= 11 is 0. The van der Waals surface area contributed by atoms with Crippen LogP contribution in [-0.2, 0) is 6.42 Å². The largest absolute Gasteiger partial charge is 0.497 e. The summed E-state index contributed by atoms with van der Waals surface area (Å²) in [6.45, 7) is 0. The van der Waals surface area contributed by atoms with Crippen molar-refractivity contribution in [3.05, 3.63) is 35.8 Å². The third kappa shape index (κ3) is 3.46. The maximum atomic E-state index is 14.4. The molecular formula is C18H24FN3O. The summed E-state index contributed by atoms with van der Waals surface area (Å²) in [6.07, 6.45) is 5.86. The minimum Gasteiger partial charge on any atom is -0.497 e. The zero-order chi connectivity index (χ0) is 16.4. The van der Waals surface area contributed by atoms with Crippen molar-refractivity contribution in [1.82, 2.24) is 4.98 Å². The van der Waals surface area contributed by atoms with E-state index in [2.05, 4.69) is 4.98 Å². The van der Waals surface area contributed by atoms with Gasteiger partial charge < -0.3 is 16.2 Å². The molecule has 1 aliphatic carbocycles. The number of benzene rings is 1. The highest BCUT2D eigenvalue weighted by molar-refractivity contribution is 5.83. The summed E-state index contributed by atoms with van der Waals surface area (Å²) in [6, 6.07) is 5.75. The number of ether oxygens (including phenoxy) is 1. The van der Waals surface area contributed by atoms with Gasteiger partial charge in [-0.3, -0.25) is 4.98 Å². The Balaban J connectivity index is 1.87. The molecule has 1 heterocycles. The number of hydrogen-bond acceptors (Lipinski definition) is 4. The van der Waals surface area contributed by atoms with Gasteiger partial charge >= 0.3 is 0 Å². The first-order chi connectivity index (χ1) is 11.1. The van der Waals surface area contributed by atoms with Crippen LogP contribution in [-0.4, -0.2) is 24.2 Å². The highest BCUT2D eigenvalue weighted by atomic mass is 19.1. The molecule has 0 bridgehead atoms. The average Bonchev–Trinajstić information content (AvgIpc) is 2.57. The van der Waals surface area contributed by atoms with Gasteiger partial charge in [0.2, 0.25) is 0 Å².